The zero-order chi connectivity index (χ0) is 30.1. The minimum atomic E-state index is -1.32. The first kappa shape index (κ1) is 31.9. The quantitative estimate of drug-likeness (QED) is 0.161. The molecule has 0 fully saturated rings. The molecule has 0 aromatic heterocycles. The second kappa shape index (κ2) is 13.6. The van der Waals surface area contributed by atoms with Crippen LogP contribution < -0.4 is 5.32 Å². The van der Waals surface area contributed by atoms with E-state index in [1.54, 1.807) is 12.1 Å². The molecular formula is C31H37N5O4. The third-order valence-electron chi connectivity index (χ3n) is 7.39. The van der Waals surface area contributed by atoms with Gasteiger partial charge in [-0.2, -0.15) is 21.0 Å². The van der Waals surface area contributed by atoms with E-state index in [4.69, 9.17) is 0 Å². The topological polar surface area (TPSA) is 182 Å². The molecule has 0 saturated heterocycles. The Bertz CT molecular complexity index is 1240. The molecule has 3 N–H and O–H groups in total. The van der Waals surface area contributed by atoms with Gasteiger partial charge in [-0.15, -0.1) is 0 Å². The van der Waals surface area contributed by atoms with Crippen LogP contribution in [0.3, 0.4) is 0 Å². The SMILES string of the molecule is CC1(C)CC(CCCCCCCNC2=C(C#N)/C(=C(\C#N)C(=O)O)CC(C)(C)C2)=C(C#N)/C(=C(\C#N)C(=O)O)C1. The molecule has 9 heteroatoms. The van der Waals surface area contributed by atoms with Gasteiger partial charge in [-0.1, -0.05) is 52.5 Å². The number of nitriles is 4. The lowest BCUT2D eigenvalue weighted by Crippen LogP contribution is -2.29. The minimum Gasteiger partial charge on any atom is -0.477 e. The highest BCUT2D eigenvalue weighted by atomic mass is 16.4. The molecule has 40 heavy (non-hydrogen) atoms. The summed E-state index contributed by atoms with van der Waals surface area (Å²) in [4.78, 5) is 23.1. The van der Waals surface area contributed by atoms with Gasteiger partial charge < -0.3 is 15.5 Å². The van der Waals surface area contributed by atoms with Crippen LogP contribution in [0.4, 0.5) is 0 Å². The number of allylic oxidation sites excluding steroid dienone is 6. The second-order valence-corrected chi connectivity index (χ2v) is 12.1. The number of carboxylic acids is 2. The first-order valence-electron chi connectivity index (χ1n) is 13.5. The Balaban J connectivity index is 1.97. The molecule has 0 aromatic rings. The van der Waals surface area contributed by atoms with Gasteiger partial charge in [0.15, 0.2) is 0 Å². The zero-order valence-electron chi connectivity index (χ0n) is 23.8. The van der Waals surface area contributed by atoms with Crippen LogP contribution in [0.15, 0.2) is 44.7 Å². The summed E-state index contributed by atoms with van der Waals surface area (Å²) >= 11 is 0. The number of hydrogen-bond acceptors (Lipinski definition) is 7. The van der Waals surface area contributed by atoms with Crippen LogP contribution in [0.1, 0.15) is 91.9 Å². The predicted molar refractivity (Wildman–Crippen MR) is 148 cm³/mol. The number of nitrogens with one attached hydrogen (secondary N) is 1. The van der Waals surface area contributed by atoms with E-state index in [1.807, 2.05) is 27.7 Å². The van der Waals surface area contributed by atoms with Crippen molar-refractivity contribution >= 4 is 11.9 Å². The fourth-order valence-electron chi connectivity index (χ4n) is 5.68. The largest absolute Gasteiger partial charge is 0.477 e. The summed E-state index contributed by atoms with van der Waals surface area (Å²) in [5.41, 5.74) is 1.60. The summed E-state index contributed by atoms with van der Waals surface area (Å²) in [5, 5.41) is 60.4. The molecule has 2 rings (SSSR count). The molecule has 0 amide bonds. The molecular weight excluding hydrogens is 506 g/mol. The van der Waals surface area contributed by atoms with Crippen molar-refractivity contribution in [2.45, 2.75) is 91.9 Å². The van der Waals surface area contributed by atoms with Crippen LogP contribution in [0, 0.1) is 56.2 Å². The Morgan fingerprint density at radius 1 is 0.725 bits per heavy atom. The monoisotopic (exact) mass is 543 g/mol. The van der Waals surface area contributed by atoms with E-state index in [0.29, 0.717) is 55.5 Å². The lowest BCUT2D eigenvalue weighted by atomic mass is 9.70. The Morgan fingerprint density at radius 3 is 1.70 bits per heavy atom. The number of rotatable bonds is 11. The summed E-state index contributed by atoms with van der Waals surface area (Å²) in [6.45, 7) is 8.64. The van der Waals surface area contributed by atoms with E-state index < -0.39 is 11.9 Å². The Hall–Kier alpha value is -4.34. The van der Waals surface area contributed by atoms with Crippen LogP contribution in [-0.4, -0.2) is 28.7 Å². The van der Waals surface area contributed by atoms with E-state index >= 15 is 0 Å². The predicted octanol–water partition coefficient (Wildman–Crippen LogP) is 5.96. The minimum absolute atomic E-state index is 0.230. The van der Waals surface area contributed by atoms with E-state index in [-0.39, 0.29) is 33.1 Å². The van der Waals surface area contributed by atoms with Crippen LogP contribution in [0.25, 0.3) is 0 Å². The van der Waals surface area contributed by atoms with Crippen LogP contribution >= 0.6 is 0 Å². The summed E-state index contributed by atoms with van der Waals surface area (Å²) in [5.74, 6) is -2.62. The van der Waals surface area contributed by atoms with Crippen molar-refractivity contribution in [1.29, 1.82) is 21.0 Å². The van der Waals surface area contributed by atoms with E-state index in [1.165, 1.54) is 0 Å². The maximum atomic E-state index is 11.6. The Morgan fingerprint density at radius 2 is 1.20 bits per heavy atom. The Labute approximate surface area is 236 Å². The normalized spacial score (nSPS) is 20.4. The molecule has 0 spiro atoms. The van der Waals surface area contributed by atoms with Gasteiger partial charge in [0.05, 0.1) is 17.2 Å². The van der Waals surface area contributed by atoms with E-state index in [9.17, 15) is 40.8 Å². The van der Waals surface area contributed by atoms with Gasteiger partial charge in [0.2, 0.25) is 0 Å². The van der Waals surface area contributed by atoms with Gasteiger partial charge in [-0.3, -0.25) is 0 Å². The van der Waals surface area contributed by atoms with Crippen molar-refractivity contribution in [2.24, 2.45) is 10.8 Å². The molecule has 2 aliphatic rings. The van der Waals surface area contributed by atoms with Crippen molar-refractivity contribution in [3.8, 4) is 24.3 Å². The fraction of sp³-hybridized carbons (Fsp3) is 0.548. The molecule has 210 valence electrons. The smallest absolute Gasteiger partial charge is 0.346 e. The first-order chi connectivity index (χ1) is 18.8. The number of carboxylic acid groups (broad SMARTS) is 2. The Kier molecular flexibility index (Phi) is 10.9. The molecule has 0 heterocycles. The molecule has 0 unspecified atom stereocenters. The van der Waals surface area contributed by atoms with Crippen molar-refractivity contribution < 1.29 is 19.8 Å². The van der Waals surface area contributed by atoms with Crippen molar-refractivity contribution in [1.82, 2.24) is 5.32 Å². The third kappa shape index (κ3) is 8.08. The first-order valence-corrected chi connectivity index (χ1v) is 13.5. The number of aliphatic carboxylic acids is 2. The molecule has 0 aliphatic heterocycles. The van der Waals surface area contributed by atoms with Crippen molar-refractivity contribution in [3.05, 3.63) is 44.7 Å². The fourth-order valence-corrected chi connectivity index (χ4v) is 5.68. The van der Waals surface area contributed by atoms with E-state index in [0.717, 1.165) is 37.7 Å². The summed E-state index contributed by atoms with van der Waals surface area (Å²) in [6.07, 6.45) is 7.23. The van der Waals surface area contributed by atoms with Gasteiger partial charge in [0.25, 0.3) is 0 Å². The highest BCUT2D eigenvalue weighted by Crippen LogP contribution is 2.44. The maximum Gasteiger partial charge on any atom is 0.346 e. The van der Waals surface area contributed by atoms with Gasteiger partial charge in [-0.25, -0.2) is 9.59 Å². The standard InChI is InChI=1S/C31H37N5O4/c1-30(2)12-20(23(16-32)21(13-30)25(18-34)28(37)38)10-8-6-5-7-9-11-36-27-15-31(3,4)14-22(24(27)17-33)26(19-35)29(39)40/h36H,5-15H2,1-4H3,(H,37,38)(H,39,40)/b25-21+,26-22+. The van der Waals surface area contributed by atoms with Gasteiger partial charge >= 0.3 is 11.9 Å². The van der Waals surface area contributed by atoms with Crippen LogP contribution in [-0.2, 0) is 9.59 Å². The summed E-state index contributed by atoms with van der Waals surface area (Å²) < 4.78 is 0. The number of hydrogen-bond donors (Lipinski definition) is 3. The third-order valence-corrected chi connectivity index (χ3v) is 7.39. The molecule has 0 aromatic carbocycles. The lowest BCUT2D eigenvalue weighted by Gasteiger charge is -2.33. The van der Waals surface area contributed by atoms with Crippen LogP contribution in [0.2, 0.25) is 0 Å². The molecule has 2 aliphatic carbocycles. The van der Waals surface area contributed by atoms with Crippen LogP contribution in [0.5, 0.6) is 0 Å². The van der Waals surface area contributed by atoms with Crippen molar-refractivity contribution in [3.63, 3.8) is 0 Å². The highest BCUT2D eigenvalue weighted by Gasteiger charge is 2.35. The second-order valence-electron chi connectivity index (χ2n) is 12.1. The summed E-state index contributed by atoms with van der Waals surface area (Å²) in [7, 11) is 0. The summed E-state index contributed by atoms with van der Waals surface area (Å²) in [6, 6.07) is 7.78. The average Bonchev–Trinajstić information content (AvgIpc) is 2.84. The number of unbranched alkanes of at least 4 members (excludes halogenated alkanes) is 4. The zero-order valence-corrected chi connectivity index (χ0v) is 23.8. The lowest BCUT2D eigenvalue weighted by molar-refractivity contribution is -0.133. The number of carbonyl (C=O) groups is 2. The molecule has 0 atom stereocenters. The van der Waals surface area contributed by atoms with Crippen molar-refractivity contribution in [2.75, 3.05) is 6.54 Å². The number of nitrogens with zero attached hydrogens (tertiary/aromatic N) is 4. The molecule has 0 bridgehead atoms. The van der Waals surface area contributed by atoms with Gasteiger partial charge in [0.1, 0.15) is 29.4 Å². The van der Waals surface area contributed by atoms with Gasteiger partial charge in [0, 0.05) is 12.2 Å². The van der Waals surface area contributed by atoms with Gasteiger partial charge in [-0.05, 0) is 66.9 Å². The maximum absolute atomic E-state index is 11.6. The molecule has 0 saturated carbocycles. The molecule has 9 nitrogen and oxygen atoms in total. The van der Waals surface area contributed by atoms with E-state index in [2.05, 4.69) is 17.5 Å². The highest BCUT2D eigenvalue weighted by molar-refractivity contribution is 5.94. The average molecular weight is 544 g/mol. The molecule has 0 radical (unpaired) electrons.